The minimum atomic E-state index is -0.191. The Labute approximate surface area is 97.3 Å². The zero-order valence-electron chi connectivity index (χ0n) is 10.2. The third-order valence-corrected chi connectivity index (χ3v) is 3.70. The number of methoxy groups -OCH3 is 1. The molecular formula is C12H22N2O2. The van der Waals surface area contributed by atoms with Crippen molar-refractivity contribution in [3.8, 4) is 0 Å². The first kappa shape index (κ1) is 11.7. The molecule has 0 radical (unpaired) electrons. The second-order valence-electron chi connectivity index (χ2n) is 4.92. The van der Waals surface area contributed by atoms with Gasteiger partial charge in [-0.05, 0) is 31.6 Å². The van der Waals surface area contributed by atoms with E-state index in [9.17, 15) is 4.79 Å². The summed E-state index contributed by atoms with van der Waals surface area (Å²) in [6.45, 7) is 3.87. The summed E-state index contributed by atoms with van der Waals surface area (Å²) in [6.07, 6.45) is 4.80. The van der Waals surface area contributed by atoms with Crippen LogP contribution < -0.4 is 5.32 Å². The Balaban J connectivity index is 1.77. The first-order chi connectivity index (χ1) is 7.74. The van der Waals surface area contributed by atoms with Gasteiger partial charge in [0, 0.05) is 25.2 Å². The van der Waals surface area contributed by atoms with Crippen molar-refractivity contribution in [2.45, 2.75) is 44.7 Å². The smallest absolute Gasteiger partial charge is 0.409 e. The van der Waals surface area contributed by atoms with Crippen molar-refractivity contribution in [1.29, 1.82) is 0 Å². The van der Waals surface area contributed by atoms with E-state index in [1.54, 1.807) is 4.90 Å². The fourth-order valence-electron chi connectivity index (χ4n) is 2.58. The monoisotopic (exact) mass is 226 g/mol. The van der Waals surface area contributed by atoms with Gasteiger partial charge in [0.05, 0.1) is 7.11 Å². The molecule has 2 atom stereocenters. The predicted octanol–water partition coefficient (Wildman–Crippen LogP) is 1.61. The summed E-state index contributed by atoms with van der Waals surface area (Å²) in [5.74, 6) is 0.886. The summed E-state index contributed by atoms with van der Waals surface area (Å²) < 4.78 is 4.73. The Morgan fingerprint density at radius 2 is 2.25 bits per heavy atom. The largest absolute Gasteiger partial charge is 0.453 e. The van der Waals surface area contributed by atoms with Gasteiger partial charge in [-0.2, -0.15) is 0 Å². The molecule has 1 aliphatic carbocycles. The number of ether oxygens (including phenoxy) is 1. The highest BCUT2D eigenvalue weighted by Crippen LogP contribution is 2.34. The van der Waals surface area contributed by atoms with Gasteiger partial charge < -0.3 is 15.0 Å². The molecule has 1 heterocycles. The van der Waals surface area contributed by atoms with Gasteiger partial charge in [0.1, 0.15) is 0 Å². The molecule has 2 fully saturated rings. The lowest BCUT2D eigenvalue weighted by Gasteiger charge is -2.21. The third kappa shape index (κ3) is 2.67. The Morgan fingerprint density at radius 3 is 2.81 bits per heavy atom. The summed E-state index contributed by atoms with van der Waals surface area (Å²) >= 11 is 0. The highest BCUT2D eigenvalue weighted by molar-refractivity contribution is 5.67. The molecular weight excluding hydrogens is 204 g/mol. The second kappa shape index (κ2) is 5.04. The van der Waals surface area contributed by atoms with Crippen molar-refractivity contribution in [3.63, 3.8) is 0 Å². The van der Waals surface area contributed by atoms with Crippen LogP contribution in [0.5, 0.6) is 0 Å². The average Bonchev–Trinajstić information content (AvgIpc) is 3.04. The van der Waals surface area contributed by atoms with Crippen LogP contribution in [0.4, 0.5) is 4.79 Å². The van der Waals surface area contributed by atoms with Crippen LogP contribution in [0.15, 0.2) is 0 Å². The molecule has 1 saturated carbocycles. The molecule has 0 bridgehead atoms. The van der Waals surface area contributed by atoms with E-state index >= 15 is 0 Å². The lowest BCUT2D eigenvalue weighted by molar-refractivity contribution is 0.132. The molecule has 0 aromatic heterocycles. The fraction of sp³-hybridized carbons (Fsp3) is 0.917. The number of hydrogen-bond acceptors (Lipinski definition) is 3. The predicted molar refractivity (Wildman–Crippen MR) is 62.3 cm³/mol. The summed E-state index contributed by atoms with van der Waals surface area (Å²) in [5.41, 5.74) is 0. The van der Waals surface area contributed by atoms with E-state index in [-0.39, 0.29) is 6.09 Å². The number of carbonyl (C=O) groups is 1. The number of rotatable bonds is 4. The van der Waals surface area contributed by atoms with E-state index in [1.807, 2.05) is 0 Å². The molecule has 1 saturated heterocycles. The molecule has 0 aromatic carbocycles. The third-order valence-electron chi connectivity index (χ3n) is 3.70. The lowest BCUT2D eigenvalue weighted by Crippen LogP contribution is -2.41. The molecule has 2 unspecified atom stereocenters. The van der Waals surface area contributed by atoms with Crippen LogP contribution in [-0.4, -0.2) is 43.3 Å². The van der Waals surface area contributed by atoms with Crippen molar-refractivity contribution in [1.82, 2.24) is 10.2 Å². The van der Waals surface area contributed by atoms with Gasteiger partial charge in [0.25, 0.3) is 0 Å². The molecule has 4 nitrogen and oxygen atoms in total. The number of nitrogens with one attached hydrogen (secondary N) is 1. The Bertz CT molecular complexity index is 253. The van der Waals surface area contributed by atoms with Gasteiger partial charge in [-0.25, -0.2) is 4.79 Å². The summed E-state index contributed by atoms with van der Waals surface area (Å²) in [4.78, 5) is 13.1. The number of nitrogens with zero attached hydrogens (tertiary/aromatic N) is 1. The summed E-state index contributed by atoms with van der Waals surface area (Å²) in [6, 6.07) is 1.12. The van der Waals surface area contributed by atoms with Crippen LogP contribution in [0.3, 0.4) is 0 Å². The molecule has 0 spiro atoms. The molecule has 92 valence electrons. The molecule has 1 N–H and O–H groups in total. The maximum Gasteiger partial charge on any atom is 0.409 e. The molecule has 0 aromatic rings. The Morgan fingerprint density at radius 1 is 1.50 bits per heavy atom. The van der Waals surface area contributed by atoms with Crippen LogP contribution in [0.2, 0.25) is 0 Å². The first-order valence-corrected chi connectivity index (χ1v) is 6.33. The topological polar surface area (TPSA) is 41.6 Å². The maximum atomic E-state index is 11.3. The van der Waals surface area contributed by atoms with Crippen molar-refractivity contribution in [2.75, 3.05) is 20.2 Å². The maximum absolute atomic E-state index is 11.3. The Kier molecular flexibility index (Phi) is 3.69. The quantitative estimate of drug-likeness (QED) is 0.791. The molecule has 16 heavy (non-hydrogen) atoms. The minimum absolute atomic E-state index is 0.191. The summed E-state index contributed by atoms with van der Waals surface area (Å²) in [7, 11) is 1.45. The van der Waals surface area contributed by atoms with Crippen molar-refractivity contribution < 1.29 is 9.53 Å². The first-order valence-electron chi connectivity index (χ1n) is 6.33. The normalized spacial score (nSPS) is 26.9. The van der Waals surface area contributed by atoms with Crippen LogP contribution in [-0.2, 0) is 4.74 Å². The molecule has 4 heteroatoms. The number of likely N-dealkylation sites (tertiary alicyclic amines) is 1. The highest BCUT2D eigenvalue weighted by Gasteiger charge is 2.34. The SMILES string of the molecule is CCC(NC1CCN(C(=O)OC)C1)C1CC1. The minimum Gasteiger partial charge on any atom is -0.453 e. The van der Waals surface area contributed by atoms with Gasteiger partial charge in [-0.3, -0.25) is 0 Å². The van der Waals surface area contributed by atoms with E-state index in [4.69, 9.17) is 4.74 Å². The van der Waals surface area contributed by atoms with Crippen molar-refractivity contribution in [2.24, 2.45) is 5.92 Å². The highest BCUT2D eigenvalue weighted by atomic mass is 16.5. The Hall–Kier alpha value is -0.770. The van der Waals surface area contributed by atoms with Gasteiger partial charge in [0.2, 0.25) is 0 Å². The zero-order valence-corrected chi connectivity index (χ0v) is 10.2. The van der Waals surface area contributed by atoms with E-state index in [0.29, 0.717) is 12.1 Å². The molecule has 1 amide bonds. The van der Waals surface area contributed by atoms with Crippen molar-refractivity contribution >= 4 is 6.09 Å². The van der Waals surface area contributed by atoms with Crippen LogP contribution in [0, 0.1) is 5.92 Å². The fourth-order valence-corrected chi connectivity index (χ4v) is 2.58. The summed E-state index contributed by atoms with van der Waals surface area (Å²) in [5, 5.41) is 3.69. The van der Waals surface area contributed by atoms with Gasteiger partial charge in [0.15, 0.2) is 0 Å². The number of carbonyl (C=O) groups excluding carboxylic acids is 1. The van der Waals surface area contributed by atoms with Crippen LogP contribution >= 0.6 is 0 Å². The average molecular weight is 226 g/mol. The molecule has 2 aliphatic rings. The van der Waals surface area contributed by atoms with E-state index in [0.717, 1.165) is 25.4 Å². The molecule has 2 rings (SSSR count). The van der Waals surface area contributed by atoms with Crippen LogP contribution in [0.1, 0.15) is 32.6 Å². The number of amides is 1. The standard InChI is InChI=1S/C12H22N2O2/c1-3-11(9-4-5-9)13-10-6-7-14(8-10)12(15)16-2/h9-11,13H,3-8H2,1-2H3. The van der Waals surface area contributed by atoms with Gasteiger partial charge in [-0.15, -0.1) is 0 Å². The second-order valence-corrected chi connectivity index (χ2v) is 4.92. The van der Waals surface area contributed by atoms with Crippen molar-refractivity contribution in [3.05, 3.63) is 0 Å². The van der Waals surface area contributed by atoms with Gasteiger partial charge in [-0.1, -0.05) is 6.92 Å². The van der Waals surface area contributed by atoms with E-state index in [1.165, 1.54) is 26.4 Å². The lowest BCUT2D eigenvalue weighted by atomic mass is 10.1. The zero-order chi connectivity index (χ0) is 11.5. The van der Waals surface area contributed by atoms with Crippen LogP contribution in [0.25, 0.3) is 0 Å². The van der Waals surface area contributed by atoms with Gasteiger partial charge >= 0.3 is 6.09 Å². The van der Waals surface area contributed by atoms with E-state index < -0.39 is 0 Å². The number of hydrogen-bond donors (Lipinski definition) is 1. The molecule has 1 aliphatic heterocycles. The van der Waals surface area contributed by atoms with E-state index in [2.05, 4.69) is 12.2 Å².